The molecule has 1 N–H and O–H groups in total. The van der Waals surface area contributed by atoms with Crippen LogP contribution in [0, 0.1) is 0 Å². The highest BCUT2D eigenvalue weighted by Crippen LogP contribution is 2.40. The molecule has 0 aromatic heterocycles. The van der Waals surface area contributed by atoms with Crippen LogP contribution in [0.25, 0.3) is 0 Å². The lowest BCUT2D eigenvalue weighted by Crippen LogP contribution is -2.30. The monoisotopic (exact) mass is 325 g/mol. The lowest BCUT2D eigenvalue weighted by Gasteiger charge is -2.28. The number of hydrogen-bond donors (Lipinski definition) is 1. The van der Waals surface area contributed by atoms with E-state index >= 15 is 0 Å². The molecule has 126 valence electrons. The standard InChI is InChI=1S/C20H23NO3/c1-12(2)15-8-14(4-5-17(15)22-3)20-16-10-19-18(23-11-24-19)9-13(16)6-7-21-20/h4-5,8-10,12,20-21H,6-7,11H2,1-3H3. The Morgan fingerprint density at radius 3 is 2.67 bits per heavy atom. The molecule has 0 fully saturated rings. The van der Waals surface area contributed by atoms with E-state index in [0.29, 0.717) is 12.7 Å². The summed E-state index contributed by atoms with van der Waals surface area (Å²) in [7, 11) is 1.73. The Balaban J connectivity index is 1.78. The van der Waals surface area contributed by atoms with Gasteiger partial charge >= 0.3 is 0 Å². The number of benzene rings is 2. The van der Waals surface area contributed by atoms with Crippen molar-refractivity contribution in [3.8, 4) is 17.2 Å². The molecule has 0 aliphatic carbocycles. The normalized spacial score (nSPS) is 18.6. The summed E-state index contributed by atoms with van der Waals surface area (Å²) < 4.78 is 16.6. The molecule has 0 radical (unpaired) electrons. The topological polar surface area (TPSA) is 39.7 Å². The van der Waals surface area contributed by atoms with Crippen molar-refractivity contribution in [3.63, 3.8) is 0 Å². The van der Waals surface area contributed by atoms with Gasteiger partial charge in [0, 0.05) is 6.54 Å². The number of methoxy groups -OCH3 is 1. The highest BCUT2D eigenvalue weighted by atomic mass is 16.7. The van der Waals surface area contributed by atoms with Crippen molar-refractivity contribution < 1.29 is 14.2 Å². The minimum Gasteiger partial charge on any atom is -0.496 e. The average Bonchev–Trinajstić information content (AvgIpc) is 3.06. The quantitative estimate of drug-likeness (QED) is 0.932. The maximum Gasteiger partial charge on any atom is 0.231 e. The van der Waals surface area contributed by atoms with Gasteiger partial charge in [0.1, 0.15) is 5.75 Å². The molecule has 24 heavy (non-hydrogen) atoms. The Kier molecular flexibility index (Phi) is 3.85. The van der Waals surface area contributed by atoms with Crippen LogP contribution in [-0.2, 0) is 6.42 Å². The number of nitrogens with one attached hydrogen (secondary N) is 1. The van der Waals surface area contributed by atoms with Gasteiger partial charge in [0.05, 0.1) is 13.2 Å². The summed E-state index contributed by atoms with van der Waals surface area (Å²) in [5.41, 5.74) is 5.12. The van der Waals surface area contributed by atoms with Gasteiger partial charge in [-0.3, -0.25) is 0 Å². The maximum absolute atomic E-state index is 5.58. The largest absolute Gasteiger partial charge is 0.496 e. The average molecular weight is 325 g/mol. The molecule has 0 saturated heterocycles. The lowest BCUT2D eigenvalue weighted by molar-refractivity contribution is 0.174. The van der Waals surface area contributed by atoms with Crippen molar-refractivity contribution in [3.05, 3.63) is 52.6 Å². The zero-order valence-corrected chi connectivity index (χ0v) is 14.4. The third-order valence-electron chi connectivity index (χ3n) is 4.90. The third kappa shape index (κ3) is 2.51. The van der Waals surface area contributed by atoms with Crippen LogP contribution in [0.1, 0.15) is 48.1 Å². The molecular formula is C20H23NO3. The zero-order valence-electron chi connectivity index (χ0n) is 14.4. The molecule has 1 unspecified atom stereocenters. The maximum atomic E-state index is 5.58. The molecule has 2 aliphatic rings. The van der Waals surface area contributed by atoms with Gasteiger partial charge in [-0.05, 0) is 58.9 Å². The van der Waals surface area contributed by atoms with E-state index in [1.54, 1.807) is 7.11 Å². The highest BCUT2D eigenvalue weighted by molar-refractivity contribution is 5.53. The molecule has 0 saturated carbocycles. The van der Waals surface area contributed by atoms with Crippen LogP contribution in [0.5, 0.6) is 17.2 Å². The van der Waals surface area contributed by atoms with E-state index < -0.39 is 0 Å². The van der Waals surface area contributed by atoms with E-state index in [9.17, 15) is 0 Å². The molecule has 0 spiro atoms. The zero-order chi connectivity index (χ0) is 16.7. The third-order valence-corrected chi connectivity index (χ3v) is 4.90. The predicted octanol–water partition coefficient (Wildman–Crippen LogP) is 3.78. The van der Waals surface area contributed by atoms with Gasteiger partial charge in [0.15, 0.2) is 11.5 Å². The van der Waals surface area contributed by atoms with Crippen molar-refractivity contribution in [1.82, 2.24) is 5.32 Å². The Bertz CT molecular complexity index is 770. The summed E-state index contributed by atoms with van der Waals surface area (Å²) in [6.45, 7) is 5.67. The molecule has 4 heteroatoms. The van der Waals surface area contributed by atoms with Crippen molar-refractivity contribution in [2.75, 3.05) is 20.4 Å². The van der Waals surface area contributed by atoms with Gasteiger partial charge in [0.2, 0.25) is 6.79 Å². The van der Waals surface area contributed by atoms with Gasteiger partial charge in [-0.1, -0.05) is 19.9 Å². The van der Waals surface area contributed by atoms with Crippen molar-refractivity contribution in [2.45, 2.75) is 32.2 Å². The second kappa shape index (κ2) is 6.02. The van der Waals surface area contributed by atoms with Crippen LogP contribution in [0.3, 0.4) is 0 Å². The van der Waals surface area contributed by atoms with E-state index in [0.717, 1.165) is 30.2 Å². The van der Waals surface area contributed by atoms with Crippen molar-refractivity contribution in [1.29, 1.82) is 0 Å². The highest BCUT2D eigenvalue weighted by Gasteiger charge is 2.26. The number of rotatable bonds is 3. The van der Waals surface area contributed by atoms with Gasteiger partial charge in [-0.2, -0.15) is 0 Å². The second-order valence-corrected chi connectivity index (χ2v) is 6.70. The summed E-state index contributed by atoms with van der Waals surface area (Å²) in [5.74, 6) is 3.09. The first kappa shape index (κ1) is 15.3. The molecule has 4 nitrogen and oxygen atoms in total. The van der Waals surface area contributed by atoms with Crippen LogP contribution < -0.4 is 19.5 Å². The molecule has 4 rings (SSSR count). The van der Waals surface area contributed by atoms with Gasteiger partial charge < -0.3 is 19.5 Å². The first-order valence-corrected chi connectivity index (χ1v) is 8.51. The summed E-state index contributed by atoms with van der Waals surface area (Å²) in [6, 6.07) is 10.9. The van der Waals surface area contributed by atoms with E-state index in [1.165, 1.54) is 22.3 Å². The summed E-state index contributed by atoms with van der Waals surface area (Å²) in [5, 5.41) is 3.65. The van der Waals surface area contributed by atoms with Crippen LogP contribution in [0.4, 0.5) is 0 Å². The second-order valence-electron chi connectivity index (χ2n) is 6.70. The van der Waals surface area contributed by atoms with Gasteiger partial charge in [-0.15, -0.1) is 0 Å². The lowest BCUT2D eigenvalue weighted by atomic mass is 9.87. The van der Waals surface area contributed by atoms with E-state index in [4.69, 9.17) is 14.2 Å². The van der Waals surface area contributed by atoms with Crippen LogP contribution in [0.2, 0.25) is 0 Å². The summed E-state index contributed by atoms with van der Waals surface area (Å²) in [4.78, 5) is 0. The smallest absolute Gasteiger partial charge is 0.231 e. The first-order chi connectivity index (χ1) is 11.7. The minimum absolute atomic E-state index is 0.173. The first-order valence-electron chi connectivity index (χ1n) is 8.51. The molecule has 1 atom stereocenters. The van der Waals surface area contributed by atoms with E-state index in [2.05, 4.69) is 49.5 Å². The summed E-state index contributed by atoms with van der Waals surface area (Å²) >= 11 is 0. The van der Waals surface area contributed by atoms with Crippen molar-refractivity contribution >= 4 is 0 Å². The predicted molar refractivity (Wildman–Crippen MR) is 93.2 cm³/mol. The molecule has 2 heterocycles. The number of hydrogen-bond acceptors (Lipinski definition) is 4. The van der Waals surface area contributed by atoms with E-state index in [-0.39, 0.29) is 6.04 Å². The van der Waals surface area contributed by atoms with E-state index in [1.807, 2.05) is 0 Å². The Morgan fingerprint density at radius 2 is 1.92 bits per heavy atom. The molecule has 2 aromatic rings. The van der Waals surface area contributed by atoms with Crippen LogP contribution in [0.15, 0.2) is 30.3 Å². The van der Waals surface area contributed by atoms with Gasteiger partial charge in [0.25, 0.3) is 0 Å². The summed E-state index contributed by atoms with van der Waals surface area (Å²) in [6.07, 6.45) is 1.01. The fourth-order valence-corrected chi connectivity index (χ4v) is 3.63. The minimum atomic E-state index is 0.173. The van der Waals surface area contributed by atoms with Crippen LogP contribution in [-0.4, -0.2) is 20.4 Å². The fourth-order valence-electron chi connectivity index (χ4n) is 3.63. The Hall–Kier alpha value is -2.20. The fraction of sp³-hybridized carbons (Fsp3) is 0.400. The molecule has 0 bridgehead atoms. The number of fused-ring (bicyclic) bond motifs is 2. The number of ether oxygens (including phenoxy) is 3. The van der Waals surface area contributed by atoms with Crippen LogP contribution >= 0.6 is 0 Å². The molecule has 2 aromatic carbocycles. The molecular weight excluding hydrogens is 302 g/mol. The Morgan fingerprint density at radius 1 is 1.12 bits per heavy atom. The SMILES string of the molecule is COc1ccc(C2NCCc3cc4c(cc32)OCO4)cc1C(C)C. The molecule has 0 amide bonds. The molecule has 2 aliphatic heterocycles. The van der Waals surface area contributed by atoms with Gasteiger partial charge in [-0.25, -0.2) is 0 Å². The Labute approximate surface area is 142 Å². The van der Waals surface area contributed by atoms with Crippen molar-refractivity contribution in [2.24, 2.45) is 0 Å².